The lowest BCUT2D eigenvalue weighted by atomic mass is 9.95. The Balaban J connectivity index is 1.45. The summed E-state index contributed by atoms with van der Waals surface area (Å²) < 4.78 is 0. The first-order chi connectivity index (χ1) is 12.6. The molecule has 1 aliphatic carbocycles. The summed E-state index contributed by atoms with van der Waals surface area (Å²) in [5, 5.41) is 33.9. The SMILES string of the molecule is O=C(Nc1cccc2[nH]ncc12)N[C@H]1C[C@@H](c2ccccc2)[C@H](O)[C@@H]1O. The maximum atomic E-state index is 12.4. The summed E-state index contributed by atoms with van der Waals surface area (Å²) in [7, 11) is 0. The largest absolute Gasteiger partial charge is 0.390 e. The topological polar surface area (TPSA) is 110 Å². The molecule has 0 unspecified atom stereocenters. The van der Waals surface area contributed by atoms with Gasteiger partial charge in [-0.05, 0) is 24.1 Å². The highest BCUT2D eigenvalue weighted by Crippen LogP contribution is 2.35. The van der Waals surface area contributed by atoms with Gasteiger partial charge in [-0.1, -0.05) is 36.4 Å². The van der Waals surface area contributed by atoms with Crippen molar-refractivity contribution < 1.29 is 15.0 Å². The van der Waals surface area contributed by atoms with E-state index in [0.717, 1.165) is 16.5 Å². The van der Waals surface area contributed by atoms with E-state index in [9.17, 15) is 15.0 Å². The van der Waals surface area contributed by atoms with Crippen molar-refractivity contribution in [1.29, 1.82) is 0 Å². The van der Waals surface area contributed by atoms with Gasteiger partial charge in [-0.15, -0.1) is 0 Å². The van der Waals surface area contributed by atoms with Gasteiger partial charge in [-0.25, -0.2) is 4.79 Å². The Morgan fingerprint density at radius 3 is 2.69 bits per heavy atom. The van der Waals surface area contributed by atoms with Crippen LogP contribution in [0.15, 0.2) is 54.7 Å². The molecule has 0 spiro atoms. The molecule has 1 fully saturated rings. The van der Waals surface area contributed by atoms with E-state index in [0.29, 0.717) is 12.1 Å². The third kappa shape index (κ3) is 3.02. The highest BCUT2D eigenvalue weighted by atomic mass is 16.3. The van der Waals surface area contributed by atoms with Crippen LogP contribution >= 0.6 is 0 Å². The molecule has 1 heterocycles. The number of fused-ring (bicyclic) bond motifs is 1. The molecule has 1 aromatic heterocycles. The van der Waals surface area contributed by atoms with Crippen LogP contribution in [0.3, 0.4) is 0 Å². The van der Waals surface area contributed by atoms with E-state index in [-0.39, 0.29) is 5.92 Å². The molecular weight excluding hydrogens is 332 g/mol. The van der Waals surface area contributed by atoms with Gasteiger partial charge < -0.3 is 20.8 Å². The molecule has 0 saturated heterocycles. The number of aromatic amines is 1. The Kier molecular flexibility index (Phi) is 4.32. The van der Waals surface area contributed by atoms with Crippen LogP contribution in [0.5, 0.6) is 0 Å². The molecule has 3 aromatic rings. The van der Waals surface area contributed by atoms with Crippen molar-refractivity contribution in [2.24, 2.45) is 0 Å². The summed E-state index contributed by atoms with van der Waals surface area (Å²) in [6.07, 6.45) is 0.177. The number of aromatic nitrogens is 2. The van der Waals surface area contributed by atoms with Gasteiger partial charge in [0.15, 0.2) is 0 Å². The second kappa shape index (κ2) is 6.78. The highest BCUT2D eigenvalue weighted by molar-refractivity contribution is 6.00. The lowest BCUT2D eigenvalue weighted by molar-refractivity contribution is 0.0251. The Hall–Kier alpha value is -2.90. The Bertz CT molecular complexity index is 911. The van der Waals surface area contributed by atoms with Gasteiger partial charge in [0, 0.05) is 11.3 Å². The number of hydrogen-bond donors (Lipinski definition) is 5. The van der Waals surface area contributed by atoms with Gasteiger partial charge >= 0.3 is 6.03 Å². The van der Waals surface area contributed by atoms with Gasteiger partial charge in [0.25, 0.3) is 0 Å². The maximum absolute atomic E-state index is 12.4. The first kappa shape index (κ1) is 16.6. The first-order valence-electron chi connectivity index (χ1n) is 8.54. The number of urea groups is 1. The molecule has 0 bridgehead atoms. The summed E-state index contributed by atoms with van der Waals surface area (Å²) in [6.45, 7) is 0. The number of hydrogen-bond acceptors (Lipinski definition) is 4. The van der Waals surface area contributed by atoms with Crippen LogP contribution in [-0.2, 0) is 0 Å². The van der Waals surface area contributed by atoms with Crippen LogP contribution in [0, 0.1) is 0 Å². The molecule has 2 amide bonds. The van der Waals surface area contributed by atoms with Crippen molar-refractivity contribution in [2.45, 2.75) is 30.6 Å². The molecule has 26 heavy (non-hydrogen) atoms. The molecule has 0 aliphatic heterocycles. The molecular formula is C19H20N4O3. The molecule has 7 heteroatoms. The molecule has 1 aliphatic rings. The predicted octanol–water partition coefficient (Wildman–Crippen LogP) is 1.96. The highest BCUT2D eigenvalue weighted by Gasteiger charge is 2.42. The van der Waals surface area contributed by atoms with E-state index in [1.54, 1.807) is 12.3 Å². The second-order valence-corrected chi connectivity index (χ2v) is 6.58. The lowest BCUT2D eigenvalue weighted by Crippen LogP contribution is -2.44. The second-order valence-electron chi connectivity index (χ2n) is 6.58. The number of aliphatic hydroxyl groups excluding tert-OH is 2. The number of carbonyl (C=O) groups is 1. The third-order valence-corrected chi connectivity index (χ3v) is 4.96. The zero-order chi connectivity index (χ0) is 18.1. The molecule has 0 radical (unpaired) electrons. The summed E-state index contributed by atoms with van der Waals surface area (Å²) in [5.41, 5.74) is 2.40. The molecule has 5 N–H and O–H groups in total. The lowest BCUT2D eigenvalue weighted by Gasteiger charge is -2.18. The van der Waals surface area contributed by atoms with E-state index in [1.165, 1.54) is 0 Å². The van der Waals surface area contributed by atoms with Crippen molar-refractivity contribution in [2.75, 3.05) is 5.32 Å². The smallest absolute Gasteiger partial charge is 0.319 e. The van der Waals surface area contributed by atoms with Gasteiger partial charge in [0.1, 0.15) is 6.10 Å². The van der Waals surface area contributed by atoms with E-state index < -0.39 is 24.3 Å². The van der Waals surface area contributed by atoms with Gasteiger partial charge in [0.05, 0.1) is 29.5 Å². The fourth-order valence-electron chi connectivity index (χ4n) is 3.61. The van der Waals surface area contributed by atoms with E-state index in [2.05, 4.69) is 20.8 Å². The third-order valence-electron chi connectivity index (χ3n) is 4.96. The fraction of sp³-hybridized carbons (Fsp3) is 0.263. The molecule has 7 nitrogen and oxygen atoms in total. The minimum absolute atomic E-state index is 0.214. The quantitative estimate of drug-likeness (QED) is 0.496. The van der Waals surface area contributed by atoms with Crippen molar-refractivity contribution >= 4 is 22.6 Å². The number of carbonyl (C=O) groups excluding carboxylic acids is 1. The zero-order valence-electron chi connectivity index (χ0n) is 14.0. The van der Waals surface area contributed by atoms with Crippen LogP contribution in [0.4, 0.5) is 10.5 Å². The summed E-state index contributed by atoms with van der Waals surface area (Å²) in [5.74, 6) is -0.214. The summed E-state index contributed by atoms with van der Waals surface area (Å²) in [4.78, 5) is 12.4. The number of aliphatic hydroxyl groups is 2. The first-order valence-corrected chi connectivity index (χ1v) is 8.54. The van der Waals surface area contributed by atoms with Crippen LogP contribution < -0.4 is 10.6 Å². The zero-order valence-corrected chi connectivity index (χ0v) is 14.0. The number of rotatable bonds is 3. The monoisotopic (exact) mass is 352 g/mol. The van der Waals surface area contributed by atoms with Crippen LogP contribution in [0.1, 0.15) is 17.9 Å². The summed E-state index contributed by atoms with van der Waals surface area (Å²) >= 11 is 0. The Morgan fingerprint density at radius 1 is 1.08 bits per heavy atom. The molecule has 2 aromatic carbocycles. The standard InChI is InChI=1S/C19H20N4O3/c24-17-12(11-5-2-1-3-6-11)9-16(18(17)25)22-19(26)21-14-7-4-8-15-13(14)10-20-23-15/h1-8,10,12,16-18,24-25H,9H2,(H,20,23)(H2,21,22,26)/t12-,16-,17-,18+/m0/s1. The van der Waals surface area contributed by atoms with Gasteiger partial charge in [-0.3, -0.25) is 5.10 Å². The number of H-pyrrole nitrogens is 1. The number of amides is 2. The van der Waals surface area contributed by atoms with Crippen LogP contribution in [0.2, 0.25) is 0 Å². The minimum Gasteiger partial charge on any atom is -0.390 e. The van der Waals surface area contributed by atoms with Crippen molar-refractivity contribution in [3.05, 3.63) is 60.3 Å². The molecule has 4 rings (SSSR count). The van der Waals surface area contributed by atoms with Crippen molar-refractivity contribution in [3.8, 4) is 0 Å². The normalized spacial score (nSPS) is 25.3. The van der Waals surface area contributed by atoms with Crippen LogP contribution in [0.25, 0.3) is 10.9 Å². The molecule has 4 atom stereocenters. The Morgan fingerprint density at radius 2 is 1.88 bits per heavy atom. The van der Waals surface area contributed by atoms with Gasteiger partial charge in [-0.2, -0.15) is 5.10 Å². The van der Waals surface area contributed by atoms with E-state index >= 15 is 0 Å². The average Bonchev–Trinajstić information content (AvgIpc) is 3.24. The van der Waals surface area contributed by atoms with E-state index in [4.69, 9.17) is 0 Å². The number of nitrogens with one attached hydrogen (secondary N) is 3. The Labute approximate surface area is 150 Å². The number of benzene rings is 2. The summed E-state index contributed by atoms with van der Waals surface area (Å²) in [6, 6.07) is 14.0. The number of anilines is 1. The fourth-order valence-corrected chi connectivity index (χ4v) is 3.61. The molecule has 134 valence electrons. The maximum Gasteiger partial charge on any atom is 0.319 e. The number of nitrogens with zero attached hydrogens (tertiary/aromatic N) is 1. The average molecular weight is 352 g/mol. The minimum atomic E-state index is -1.02. The van der Waals surface area contributed by atoms with E-state index in [1.807, 2.05) is 42.5 Å². The predicted molar refractivity (Wildman–Crippen MR) is 97.8 cm³/mol. The molecule has 1 saturated carbocycles. The van der Waals surface area contributed by atoms with Crippen LogP contribution in [-0.4, -0.2) is 44.7 Å². The van der Waals surface area contributed by atoms with Crippen molar-refractivity contribution in [3.63, 3.8) is 0 Å². The van der Waals surface area contributed by atoms with Gasteiger partial charge in [0.2, 0.25) is 0 Å². The van der Waals surface area contributed by atoms with Crippen molar-refractivity contribution in [1.82, 2.24) is 15.5 Å².